The molecule has 1 atom stereocenters. The van der Waals surface area contributed by atoms with Crippen molar-refractivity contribution in [1.29, 1.82) is 0 Å². The van der Waals surface area contributed by atoms with E-state index in [1.165, 1.54) is 0 Å². The molecule has 0 saturated heterocycles. The number of nitrogens with zero attached hydrogens (tertiary/aromatic N) is 3. The summed E-state index contributed by atoms with van der Waals surface area (Å²) >= 11 is 0. The van der Waals surface area contributed by atoms with E-state index in [0.29, 0.717) is 34.4 Å². The van der Waals surface area contributed by atoms with Crippen molar-refractivity contribution in [3.05, 3.63) is 33.9 Å². The number of aryl methyl sites for hydroxylation is 2. The number of benzene rings is 1. The molecule has 128 valence electrons. The van der Waals surface area contributed by atoms with Crippen LogP contribution in [0.3, 0.4) is 0 Å². The zero-order chi connectivity index (χ0) is 17.4. The Bertz CT molecular complexity index is 824. The number of aromatic nitrogens is 3. The van der Waals surface area contributed by atoms with Crippen molar-refractivity contribution in [3.63, 3.8) is 0 Å². The Balaban J connectivity index is 2.19. The molecule has 1 aliphatic rings. The van der Waals surface area contributed by atoms with Gasteiger partial charge in [0.25, 0.3) is 5.56 Å². The van der Waals surface area contributed by atoms with E-state index < -0.39 is 0 Å². The molecule has 1 heterocycles. The predicted octanol–water partition coefficient (Wildman–Crippen LogP) is 2.87. The van der Waals surface area contributed by atoms with Crippen molar-refractivity contribution in [3.8, 4) is 17.0 Å². The van der Waals surface area contributed by atoms with Crippen molar-refractivity contribution in [2.75, 3.05) is 12.8 Å². The van der Waals surface area contributed by atoms with E-state index in [1.54, 1.807) is 24.8 Å². The average Bonchev–Trinajstić information content (AvgIpc) is 3.36. The van der Waals surface area contributed by atoms with Crippen LogP contribution in [-0.2, 0) is 0 Å². The lowest BCUT2D eigenvalue weighted by Gasteiger charge is -2.18. The highest BCUT2D eigenvalue weighted by Gasteiger charge is 2.33. The molecule has 2 N–H and O–H groups in total. The van der Waals surface area contributed by atoms with E-state index >= 15 is 0 Å². The van der Waals surface area contributed by atoms with Gasteiger partial charge in [0, 0.05) is 11.3 Å². The Hall–Kier alpha value is -2.37. The molecule has 0 bridgehead atoms. The zero-order valence-corrected chi connectivity index (χ0v) is 14.7. The maximum absolute atomic E-state index is 13.0. The lowest BCUT2D eigenvalue weighted by molar-refractivity contribution is 0.371. The minimum absolute atomic E-state index is 0.131. The van der Waals surface area contributed by atoms with Crippen LogP contribution in [0.4, 0.5) is 5.69 Å². The summed E-state index contributed by atoms with van der Waals surface area (Å²) in [5, 5.41) is 4.40. The fraction of sp³-hybridized carbons (Fsp3) is 0.500. The lowest BCUT2D eigenvalue weighted by Crippen LogP contribution is -2.31. The second kappa shape index (κ2) is 6.26. The third kappa shape index (κ3) is 2.88. The Morgan fingerprint density at radius 1 is 1.38 bits per heavy atom. The smallest absolute Gasteiger partial charge is 0.293 e. The third-order valence-electron chi connectivity index (χ3n) is 4.66. The van der Waals surface area contributed by atoms with Gasteiger partial charge >= 0.3 is 0 Å². The summed E-state index contributed by atoms with van der Waals surface area (Å²) in [5.74, 6) is 1.80. The molecular weight excluding hydrogens is 304 g/mol. The van der Waals surface area contributed by atoms with Crippen LogP contribution in [0.5, 0.6) is 5.75 Å². The molecule has 1 unspecified atom stereocenters. The molecule has 6 nitrogen and oxygen atoms in total. The van der Waals surface area contributed by atoms with Crippen LogP contribution in [0, 0.1) is 19.8 Å². The summed E-state index contributed by atoms with van der Waals surface area (Å²) in [5.41, 5.74) is 8.38. The third-order valence-corrected chi connectivity index (χ3v) is 4.66. The molecule has 3 rings (SSSR count). The maximum Gasteiger partial charge on any atom is 0.293 e. The van der Waals surface area contributed by atoms with Crippen LogP contribution < -0.4 is 16.0 Å². The van der Waals surface area contributed by atoms with Gasteiger partial charge in [-0.25, -0.2) is 9.67 Å². The summed E-state index contributed by atoms with van der Waals surface area (Å²) in [4.78, 5) is 17.4. The van der Waals surface area contributed by atoms with Gasteiger partial charge in [0.05, 0.1) is 13.2 Å². The van der Waals surface area contributed by atoms with E-state index in [0.717, 1.165) is 24.8 Å². The Labute approximate surface area is 141 Å². The number of nitrogens with two attached hydrogens (primary N) is 1. The van der Waals surface area contributed by atoms with Gasteiger partial charge in [0.2, 0.25) is 0 Å². The van der Waals surface area contributed by atoms with E-state index in [2.05, 4.69) is 17.0 Å². The summed E-state index contributed by atoms with van der Waals surface area (Å²) < 4.78 is 6.98. The SMILES string of the molecule is CCC(C1CC1)n1nc(C)nc(-c2cc(OC)c(C)cc2N)c1=O. The number of rotatable bonds is 5. The van der Waals surface area contributed by atoms with Crippen LogP contribution >= 0.6 is 0 Å². The second-order valence-electron chi connectivity index (χ2n) is 6.48. The number of hydrogen-bond acceptors (Lipinski definition) is 5. The molecule has 1 aromatic heterocycles. The molecule has 1 fully saturated rings. The van der Waals surface area contributed by atoms with Crippen LogP contribution in [0.2, 0.25) is 0 Å². The molecule has 1 aromatic carbocycles. The number of hydrogen-bond donors (Lipinski definition) is 1. The van der Waals surface area contributed by atoms with Gasteiger partial charge in [0.1, 0.15) is 17.3 Å². The molecule has 0 radical (unpaired) electrons. The normalized spacial score (nSPS) is 15.3. The van der Waals surface area contributed by atoms with Crippen LogP contribution in [0.15, 0.2) is 16.9 Å². The Morgan fingerprint density at radius 3 is 2.67 bits per heavy atom. The minimum atomic E-state index is -0.183. The highest BCUT2D eigenvalue weighted by Crippen LogP contribution is 2.40. The number of ether oxygens (including phenoxy) is 1. The fourth-order valence-electron chi connectivity index (χ4n) is 3.26. The molecule has 1 aliphatic carbocycles. The first-order chi connectivity index (χ1) is 11.5. The second-order valence-corrected chi connectivity index (χ2v) is 6.48. The lowest BCUT2D eigenvalue weighted by atomic mass is 10.1. The van der Waals surface area contributed by atoms with Crippen LogP contribution in [0.1, 0.15) is 43.6 Å². The fourth-order valence-corrected chi connectivity index (χ4v) is 3.26. The van der Waals surface area contributed by atoms with Crippen molar-refractivity contribution in [2.24, 2.45) is 5.92 Å². The predicted molar refractivity (Wildman–Crippen MR) is 94.2 cm³/mol. The molecule has 0 spiro atoms. The van der Waals surface area contributed by atoms with E-state index in [-0.39, 0.29) is 11.6 Å². The van der Waals surface area contributed by atoms with Crippen LogP contribution in [-0.4, -0.2) is 21.9 Å². The van der Waals surface area contributed by atoms with Gasteiger partial charge in [0.15, 0.2) is 0 Å². The minimum Gasteiger partial charge on any atom is -0.496 e. The zero-order valence-electron chi connectivity index (χ0n) is 14.7. The first kappa shape index (κ1) is 16.5. The highest BCUT2D eigenvalue weighted by molar-refractivity contribution is 5.76. The van der Waals surface area contributed by atoms with Gasteiger partial charge in [-0.2, -0.15) is 5.10 Å². The van der Waals surface area contributed by atoms with Gasteiger partial charge in [-0.15, -0.1) is 0 Å². The van der Waals surface area contributed by atoms with Crippen molar-refractivity contribution in [2.45, 2.75) is 46.1 Å². The maximum atomic E-state index is 13.0. The van der Waals surface area contributed by atoms with Gasteiger partial charge in [-0.1, -0.05) is 6.92 Å². The number of anilines is 1. The van der Waals surface area contributed by atoms with E-state index in [9.17, 15) is 4.79 Å². The Kier molecular flexibility index (Phi) is 4.30. The van der Waals surface area contributed by atoms with E-state index in [4.69, 9.17) is 10.5 Å². The van der Waals surface area contributed by atoms with E-state index in [1.807, 2.05) is 13.0 Å². The summed E-state index contributed by atoms with van der Waals surface area (Å²) in [7, 11) is 1.60. The topological polar surface area (TPSA) is 83.0 Å². The average molecular weight is 328 g/mol. The van der Waals surface area contributed by atoms with Crippen molar-refractivity contribution >= 4 is 5.69 Å². The first-order valence-electron chi connectivity index (χ1n) is 8.38. The van der Waals surface area contributed by atoms with Gasteiger partial charge in [-0.3, -0.25) is 4.79 Å². The molecular formula is C18H24N4O2. The van der Waals surface area contributed by atoms with Crippen molar-refractivity contribution in [1.82, 2.24) is 14.8 Å². The molecule has 0 aliphatic heterocycles. The summed E-state index contributed by atoms with van der Waals surface area (Å²) in [6.45, 7) is 5.82. The molecule has 6 heteroatoms. The standard InChI is InChI=1S/C18H24N4O2/c1-5-15(12-6-7-12)22-18(23)17(20-11(3)21-22)13-9-16(24-4)10(2)8-14(13)19/h8-9,12,15H,5-7,19H2,1-4H3. The molecule has 2 aromatic rings. The van der Waals surface area contributed by atoms with Crippen LogP contribution in [0.25, 0.3) is 11.3 Å². The number of methoxy groups -OCH3 is 1. The monoisotopic (exact) mass is 328 g/mol. The highest BCUT2D eigenvalue weighted by atomic mass is 16.5. The van der Waals surface area contributed by atoms with Crippen molar-refractivity contribution < 1.29 is 4.74 Å². The summed E-state index contributed by atoms with van der Waals surface area (Å²) in [6.07, 6.45) is 3.20. The molecule has 24 heavy (non-hydrogen) atoms. The Morgan fingerprint density at radius 2 is 2.08 bits per heavy atom. The quantitative estimate of drug-likeness (QED) is 0.853. The first-order valence-corrected chi connectivity index (χ1v) is 8.38. The summed E-state index contributed by atoms with van der Waals surface area (Å²) in [6, 6.07) is 3.73. The van der Waals surface area contributed by atoms with Gasteiger partial charge in [-0.05, 0) is 56.7 Å². The number of nitrogen functional groups attached to an aromatic ring is 1. The molecule has 0 amide bonds. The molecule has 1 saturated carbocycles. The largest absolute Gasteiger partial charge is 0.496 e. The van der Waals surface area contributed by atoms with Gasteiger partial charge < -0.3 is 10.5 Å².